The Morgan fingerprint density at radius 1 is 1.11 bits per heavy atom. The monoisotopic (exact) mass is 518 g/mol. The second-order valence-electron chi connectivity index (χ2n) is 8.80. The predicted molar refractivity (Wildman–Crippen MR) is 142 cm³/mol. The minimum absolute atomic E-state index is 0.0389. The number of rotatable bonds is 6. The summed E-state index contributed by atoms with van der Waals surface area (Å²) in [5.74, 6) is -2.22. The van der Waals surface area contributed by atoms with Crippen molar-refractivity contribution < 1.29 is 13.6 Å². The van der Waals surface area contributed by atoms with E-state index in [0.29, 0.717) is 24.3 Å². The van der Waals surface area contributed by atoms with Crippen LogP contribution in [0.2, 0.25) is 0 Å². The number of H-pyrrole nitrogens is 1. The highest BCUT2D eigenvalue weighted by Crippen LogP contribution is 2.29. The largest absolute Gasteiger partial charge is 0.367 e. The van der Waals surface area contributed by atoms with E-state index in [1.54, 1.807) is 24.3 Å². The van der Waals surface area contributed by atoms with Crippen LogP contribution in [0.25, 0.3) is 22.4 Å². The molecule has 1 fully saturated rings. The summed E-state index contributed by atoms with van der Waals surface area (Å²) in [5, 5.41) is 5.46. The average Bonchev–Trinajstić information content (AvgIpc) is 2.92. The Hall–Kier alpha value is -4.71. The lowest BCUT2D eigenvalue weighted by Gasteiger charge is -2.34. The molecule has 3 heterocycles. The zero-order valence-corrected chi connectivity index (χ0v) is 20.5. The van der Waals surface area contributed by atoms with Crippen LogP contribution in [0.3, 0.4) is 0 Å². The van der Waals surface area contributed by atoms with Gasteiger partial charge in [0.05, 0.1) is 11.4 Å². The molecule has 0 aliphatic carbocycles. The van der Waals surface area contributed by atoms with Crippen LogP contribution >= 0.6 is 0 Å². The van der Waals surface area contributed by atoms with Crippen molar-refractivity contribution in [3.8, 4) is 11.4 Å². The second-order valence-corrected chi connectivity index (χ2v) is 8.80. The van der Waals surface area contributed by atoms with Gasteiger partial charge in [-0.2, -0.15) is 9.97 Å². The highest BCUT2D eigenvalue weighted by Gasteiger charge is 2.22. The fraction of sp³-hybridized carbons (Fsp3) is 0.192. The quantitative estimate of drug-likeness (QED) is 0.333. The Bertz CT molecular complexity index is 1600. The number of carbonyl (C=O) groups is 1. The van der Waals surface area contributed by atoms with Crippen LogP contribution in [0.4, 0.5) is 31.8 Å². The van der Waals surface area contributed by atoms with E-state index in [9.17, 15) is 18.4 Å². The topological polar surface area (TPSA) is 119 Å². The smallest absolute Gasteiger partial charge is 0.284 e. The number of nitrogens with one attached hydrogen (secondary N) is 3. The van der Waals surface area contributed by atoms with Gasteiger partial charge in [-0.1, -0.05) is 18.7 Å². The van der Waals surface area contributed by atoms with Crippen LogP contribution in [0, 0.1) is 11.6 Å². The van der Waals surface area contributed by atoms with Gasteiger partial charge in [0.2, 0.25) is 11.9 Å². The summed E-state index contributed by atoms with van der Waals surface area (Å²) in [7, 11) is 1.98. The van der Waals surface area contributed by atoms with Gasteiger partial charge in [0.1, 0.15) is 16.9 Å². The summed E-state index contributed by atoms with van der Waals surface area (Å²) < 4.78 is 29.9. The van der Waals surface area contributed by atoms with Gasteiger partial charge in [0.25, 0.3) is 5.56 Å². The van der Waals surface area contributed by atoms with E-state index in [-0.39, 0.29) is 40.1 Å². The Morgan fingerprint density at radius 3 is 2.66 bits per heavy atom. The summed E-state index contributed by atoms with van der Waals surface area (Å²) in [6.07, 6.45) is 2.40. The lowest BCUT2D eigenvalue weighted by atomic mass is 10.2. The van der Waals surface area contributed by atoms with Crippen molar-refractivity contribution in [2.75, 3.05) is 48.8 Å². The van der Waals surface area contributed by atoms with Crippen LogP contribution in [0.15, 0.2) is 60.0 Å². The fourth-order valence-electron chi connectivity index (χ4n) is 4.12. The second kappa shape index (κ2) is 10.3. The third-order valence-electron chi connectivity index (χ3n) is 6.21. The summed E-state index contributed by atoms with van der Waals surface area (Å²) in [6, 6.07) is 9.66. The number of fused-ring (bicyclic) bond motifs is 1. The van der Waals surface area contributed by atoms with E-state index in [2.05, 4.69) is 42.0 Å². The molecule has 1 aliphatic heterocycles. The van der Waals surface area contributed by atoms with Gasteiger partial charge in [-0.3, -0.25) is 9.59 Å². The molecule has 1 saturated heterocycles. The number of hydrogen-bond acceptors (Lipinski definition) is 8. The molecular weight excluding hydrogens is 494 g/mol. The molecule has 5 rings (SSSR count). The van der Waals surface area contributed by atoms with Crippen LogP contribution in [0.5, 0.6) is 0 Å². The number of aromatic nitrogens is 4. The molecule has 0 atom stereocenters. The van der Waals surface area contributed by atoms with E-state index in [1.165, 1.54) is 18.3 Å². The molecule has 38 heavy (non-hydrogen) atoms. The summed E-state index contributed by atoms with van der Waals surface area (Å²) in [6.45, 7) is 6.13. The van der Waals surface area contributed by atoms with Gasteiger partial charge in [0.15, 0.2) is 11.6 Å². The van der Waals surface area contributed by atoms with Crippen LogP contribution in [-0.4, -0.2) is 64.0 Å². The molecule has 0 bridgehead atoms. The van der Waals surface area contributed by atoms with Crippen molar-refractivity contribution in [2.24, 2.45) is 0 Å². The molecule has 194 valence electrons. The highest BCUT2D eigenvalue weighted by atomic mass is 19.2. The Balaban J connectivity index is 1.43. The standard InChI is InChI=1S/C26H24F2N8O2/c1-3-20(37)30-16-6-4-5-15(13-16)23-32-24-17(25(38)33-23)14-29-26(34-24)31-18-7-8-19(22(28)21(18)27)36-11-9-35(2)10-12-36/h3-8,13-14H,1,9-12H2,2H3,(H,30,37)(H2,29,31,32,33,34,38). The minimum atomic E-state index is -1.05. The van der Waals surface area contributed by atoms with Crippen LogP contribution < -0.4 is 21.1 Å². The molecular formula is C26H24F2N8O2. The molecule has 0 spiro atoms. The highest BCUT2D eigenvalue weighted by molar-refractivity contribution is 5.99. The number of piperazine rings is 1. The van der Waals surface area contributed by atoms with E-state index in [0.717, 1.165) is 19.2 Å². The molecule has 0 unspecified atom stereocenters. The van der Waals surface area contributed by atoms with Gasteiger partial charge in [0, 0.05) is 43.6 Å². The van der Waals surface area contributed by atoms with Crippen LogP contribution in [-0.2, 0) is 4.79 Å². The van der Waals surface area contributed by atoms with Gasteiger partial charge >= 0.3 is 0 Å². The lowest BCUT2D eigenvalue weighted by Crippen LogP contribution is -2.44. The Kier molecular flexibility index (Phi) is 6.79. The molecule has 4 aromatic rings. The van der Waals surface area contributed by atoms with Gasteiger partial charge in [-0.15, -0.1) is 0 Å². The van der Waals surface area contributed by atoms with E-state index < -0.39 is 17.2 Å². The predicted octanol–water partition coefficient (Wildman–Crippen LogP) is 3.28. The maximum absolute atomic E-state index is 15.0. The first-order chi connectivity index (χ1) is 18.3. The normalized spacial score (nSPS) is 13.9. The summed E-state index contributed by atoms with van der Waals surface area (Å²) in [4.78, 5) is 43.6. The molecule has 1 aliphatic rings. The maximum atomic E-state index is 15.0. The van der Waals surface area contributed by atoms with E-state index in [1.807, 2.05) is 11.9 Å². The van der Waals surface area contributed by atoms with Gasteiger partial charge in [-0.05, 0) is 37.4 Å². The summed E-state index contributed by atoms with van der Waals surface area (Å²) >= 11 is 0. The fourth-order valence-corrected chi connectivity index (χ4v) is 4.12. The number of benzene rings is 2. The molecule has 2 aromatic carbocycles. The molecule has 10 nitrogen and oxygen atoms in total. The van der Waals surface area contributed by atoms with Crippen LogP contribution in [0.1, 0.15) is 0 Å². The van der Waals surface area contributed by atoms with Gasteiger partial charge in [-0.25, -0.2) is 13.8 Å². The number of carbonyl (C=O) groups excluding carboxylic acids is 1. The number of nitrogens with zero attached hydrogens (tertiary/aromatic N) is 5. The number of aromatic amines is 1. The number of likely N-dealkylation sites (N-methyl/N-ethyl adjacent to an activating group) is 1. The van der Waals surface area contributed by atoms with Crippen molar-refractivity contribution >= 4 is 40.0 Å². The van der Waals surface area contributed by atoms with Gasteiger partial charge < -0.3 is 25.4 Å². The van der Waals surface area contributed by atoms with Crippen molar-refractivity contribution in [3.05, 3.63) is 77.2 Å². The maximum Gasteiger partial charge on any atom is 0.284 e. The molecule has 1 amide bonds. The minimum Gasteiger partial charge on any atom is -0.367 e. The van der Waals surface area contributed by atoms with E-state index >= 15 is 0 Å². The first-order valence-corrected chi connectivity index (χ1v) is 11.8. The molecule has 2 aromatic heterocycles. The molecule has 12 heteroatoms. The Morgan fingerprint density at radius 2 is 1.89 bits per heavy atom. The van der Waals surface area contributed by atoms with Crippen molar-refractivity contribution in [3.63, 3.8) is 0 Å². The molecule has 0 saturated carbocycles. The van der Waals surface area contributed by atoms with Crippen molar-refractivity contribution in [2.45, 2.75) is 0 Å². The average molecular weight is 519 g/mol. The SMILES string of the molecule is C=CC(=O)Nc1cccc(-c2nc(=O)c3cnc(Nc4ccc(N5CCN(C)CC5)c(F)c4F)nc3[nH]2)c1. The van der Waals surface area contributed by atoms with E-state index in [4.69, 9.17) is 0 Å². The van der Waals surface area contributed by atoms with Crippen molar-refractivity contribution in [1.29, 1.82) is 0 Å². The zero-order chi connectivity index (χ0) is 26.8. The first kappa shape index (κ1) is 25.0. The number of amides is 1. The number of hydrogen-bond donors (Lipinski definition) is 3. The van der Waals surface area contributed by atoms with Crippen molar-refractivity contribution in [1.82, 2.24) is 24.8 Å². The third kappa shape index (κ3) is 5.06. The number of halogens is 2. The lowest BCUT2D eigenvalue weighted by molar-refractivity contribution is -0.111. The molecule has 3 N–H and O–H groups in total. The molecule has 0 radical (unpaired) electrons. The Labute approximate surface area is 216 Å². The third-order valence-corrected chi connectivity index (χ3v) is 6.21. The first-order valence-electron chi connectivity index (χ1n) is 11.8. The number of anilines is 4. The zero-order valence-electron chi connectivity index (χ0n) is 20.5. The summed E-state index contributed by atoms with van der Waals surface area (Å²) in [5.41, 5.74) is 0.640.